The van der Waals surface area contributed by atoms with E-state index >= 15 is 0 Å². The standard InChI is InChI=1S/C33H35Cl2FN4O3/c1-21(2)17-29(38-32(41)9-6-16-43-31-15-12-24(34)18-28(31)35)33(42)39-37-19-27-22(3)40(30-8-5-4-7-26(27)30)20-23-10-13-25(36)14-11-23/h4-5,7-8,10-15,18-19,21,29H,6,9,16-17,20H2,1-3H3,(H,38,41)(H,39,42)/b37-19-/t29-/m0/s1. The van der Waals surface area contributed by atoms with Crippen LogP contribution in [-0.2, 0) is 16.1 Å². The van der Waals surface area contributed by atoms with E-state index in [9.17, 15) is 14.0 Å². The van der Waals surface area contributed by atoms with Crippen LogP contribution >= 0.6 is 23.2 Å². The molecule has 0 saturated carbocycles. The van der Waals surface area contributed by atoms with Crippen molar-refractivity contribution < 1.29 is 18.7 Å². The van der Waals surface area contributed by atoms with E-state index in [4.69, 9.17) is 27.9 Å². The molecule has 4 rings (SSSR count). The molecular weight excluding hydrogens is 590 g/mol. The second kappa shape index (κ2) is 15.0. The minimum absolute atomic E-state index is 0.169. The molecule has 0 fully saturated rings. The summed E-state index contributed by atoms with van der Waals surface area (Å²) in [6.45, 7) is 6.80. The number of ether oxygens (including phenoxy) is 1. The second-order valence-electron chi connectivity index (χ2n) is 10.7. The molecule has 0 aliphatic rings. The Hall–Kier alpha value is -3.88. The van der Waals surface area contributed by atoms with Gasteiger partial charge in [0, 0.05) is 40.1 Å². The van der Waals surface area contributed by atoms with Gasteiger partial charge in [0.2, 0.25) is 5.91 Å². The fourth-order valence-electron chi connectivity index (χ4n) is 4.81. The number of aromatic nitrogens is 1. The molecule has 0 bridgehead atoms. The van der Waals surface area contributed by atoms with Gasteiger partial charge in [-0.05, 0) is 67.6 Å². The third kappa shape index (κ3) is 8.81. The predicted octanol–water partition coefficient (Wildman–Crippen LogP) is 7.28. The zero-order chi connectivity index (χ0) is 30.9. The SMILES string of the molecule is Cc1c(/C=N\NC(=O)[C@H](CC(C)C)NC(=O)CCCOc2ccc(Cl)cc2Cl)c2ccccc2n1Cc1ccc(F)cc1. The molecule has 1 aromatic heterocycles. The minimum Gasteiger partial charge on any atom is -0.492 e. The third-order valence-corrected chi connectivity index (χ3v) is 7.49. The summed E-state index contributed by atoms with van der Waals surface area (Å²) in [6, 6.07) is 18.6. The molecule has 7 nitrogen and oxygen atoms in total. The molecule has 1 heterocycles. The fraction of sp³-hybridized carbons (Fsp3) is 0.303. The monoisotopic (exact) mass is 624 g/mol. The fourth-order valence-corrected chi connectivity index (χ4v) is 5.27. The Labute approximate surface area is 261 Å². The number of carbonyl (C=O) groups excluding carboxylic acids is 2. The number of benzene rings is 3. The number of nitrogens with one attached hydrogen (secondary N) is 2. The number of amides is 2. The van der Waals surface area contributed by atoms with E-state index < -0.39 is 11.9 Å². The predicted molar refractivity (Wildman–Crippen MR) is 170 cm³/mol. The summed E-state index contributed by atoms with van der Waals surface area (Å²) in [5.74, 6) is -0.260. The largest absolute Gasteiger partial charge is 0.492 e. The number of halogens is 3. The summed E-state index contributed by atoms with van der Waals surface area (Å²) in [5.41, 5.74) is 6.40. The van der Waals surface area contributed by atoms with Crippen molar-refractivity contribution in [3.05, 3.63) is 99.4 Å². The summed E-state index contributed by atoms with van der Waals surface area (Å²) in [7, 11) is 0. The lowest BCUT2D eigenvalue weighted by Gasteiger charge is -2.19. The molecule has 2 N–H and O–H groups in total. The van der Waals surface area contributed by atoms with Crippen molar-refractivity contribution in [1.29, 1.82) is 0 Å². The summed E-state index contributed by atoms with van der Waals surface area (Å²) in [4.78, 5) is 25.7. The number of hydrogen-bond donors (Lipinski definition) is 2. The van der Waals surface area contributed by atoms with Gasteiger partial charge in [0.15, 0.2) is 0 Å². The van der Waals surface area contributed by atoms with Crippen LogP contribution in [0.5, 0.6) is 5.75 Å². The first-order valence-electron chi connectivity index (χ1n) is 14.1. The highest BCUT2D eigenvalue weighted by Gasteiger charge is 2.22. The molecule has 0 spiro atoms. The Balaban J connectivity index is 1.37. The number of rotatable bonds is 13. The van der Waals surface area contributed by atoms with E-state index in [2.05, 4.69) is 20.4 Å². The molecule has 0 unspecified atom stereocenters. The van der Waals surface area contributed by atoms with Gasteiger partial charge in [-0.2, -0.15) is 5.10 Å². The maximum Gasteiger partial charge on any atom is 0.262 e. The van der Waals surface area contributed by atoms with Crippen LogP contribution in [0.1, 0.15) is 49.9 Å². The van der Waals surface area contributed by atoms with Crippen LogP contribution in [0, 0.1) is 18.7 Å². The Morgan fingerprint density at radius 2 is 1.81 bits per heavy atom. The Bertz CT molecular complexity index is 1600. The molecule has 10 heteroatoms. The molecule has 3 aromatic carbocycles. The quantitative estimate of drug-likeness (QED) is 0.0931. The highest BCUT2D eigenvalue weighted by molar-refractivity contribution is 6.35. The van der Waals surface area contributed by atoms with Gasteiger partial charge in [0.05, 0.1) is 17.8 Å². The summed E-state index contributed by atoms with van der Waals surface area (Å²) in [5, 5.41) is 8.99. The molecule has 4 aromatic rings. The van der Waals surface area contributed by atoms with Gasteiger partial charge in [-0.3, -0.25) is 9.59 Å². The lowest BCUT2D eigenvalue weighted by Crippen LogP contribution is -2.46. The number of fused-ring (bicyclic) bond motifs is 1. The van der Waals surface area contributed by atoms with Gasteiger partial charge in [0.1, 0.15) is 17.6 Å². The van der Waals surface area contributed by atoms with Crippen LogP contribution in [0.25, 0.3) is 10.9 Å². The smallest absolute Gasteiger partial charge is 0.262 e. The van der Waals surface area contributed by atoms with Crippen molar-refractivity contribution in [3.63, 3.8) is 0 Å². The zero-order valence-corrected chi connectivity index (χ0v) is 25.9. The van der Waals surface area contributed by atoms with Crippen molar-refractivity contribution in [3.8, 4) is 5.75 Å². The first kappa shape index (κ1) is 32.0. The molecule has 2 amide bonds. The van der Waals surface area contributed by atoms with Crippen LogP contribution < -0.4 is 15.5 Å². The Kier molecular flexibility index (Phi) is 11.2. The van der Waals surface area contributed by atoms with Gasteiger partial charge in [-0.25, -0.2) is 9.82 Å². The van der Waals surface area contributed by atoms with E-state index in [-0.39, 0.29) is 30.7 Å². The van der Waals surface area contributed by atoms with E-state index in [0.717, 1.165) is 27.7 Å². The van der Waals surface area contributed by atoms with Gasteiger partial charge < -0.3 is 14.6 Å². The van der Waals surface area contributed by atoms with Gasteiger partial charge in [0.25, 0.3) is 5.91 Å². The summed E-state index contributed by atoms with van der Waals surface area (Å²) < 4.78 is 21.2. The van der Waals surface area contributed by atoms with Crippen molar-refractivity contribution >= 4 is 52.1 Å². The number of carbonyl (C=O) groups is 2. The molecule has 226 valence electrons. The van der Waals surface area contributed by atoms with E-state index in [1.54, 1.807) is 36.5 Å². The number of hydrogen-bond acceptors (Lipinski definition) is 4. The summed E-state index contributed by atoms with van der Waals surface area (Å²) >= 11 is 12.0. The molecule has 43 heavy (non-hydrogen) atoms. The van der Waals surface area contributed by atoms with Gasteiger partial charge in [-0.15, -0.1) is 0 Å². The highest BCUT2D eigenvalue weighted by atomic mass is 35.5. The van der Waals surface area contributed by atoms with Crippen molar-refractivity contribution in [2.24, 2.45) is 11.0 Å². The average molecular weight is 626 g/mol. The maximum atomic E-state index is 13.4. The van der Waals surface area contributed by atoms with E-state index in [1.165, 1.54) is 12.1 Å². The van der Waals surface area contributed by atoms with Crippen LogP contribution in [0.2, 0.25) is 10.0 Å². The average Bonchev–Trinajstić information content (AvgIpc) is 3.23. The minimum atomic E-state index is -0.739. The third-order valence-electron chi connectivity index (χ3n) is 6.96. The van der Waals surface area contributed by atoms with Crippen LogP contribution in [-0.4, -0.2) is 35.2 Å². The molecule has 0 saturated heterocycles. The maximum absolute atomic E-state index is 13.4. The van der Waals surface area contributed by atoms with Crippen LogP contribution in [0.15, 0.2) is 71.8 Å². The number of para-hydroxylation sites is 1. The van der Waals surface area contributed by atoms with Crippen molar-refractivity contribution in [2.75, 3.05) is 6.61 Å². The topological polar surface area (TPSA) is 84.7 Å². The second-order valence-corrected chi connectivity index (χ2v) is 11.6. The lowest BCUT2D eigenvalue weighted by atomic mass is 10.0. The van der Waals surface area contributed by atoms with Crippen molar-refractivity contribution in [2.45, 2.75) is 52.6 Å². The van der Waals surface area contributed by atoms with E-state index in [0.29, 0.717) is 35.2 Å². The van der Waals surface area contributed by atoms with Crippen LogP contribution in [0.4, 0.5) is 4.39 Å². The first-order chi connectivity index (χ1) is 20.6. The highest BCUT2D eigenvalue weighted by Crippen LogP contribution is 2.28. The molecule has 0 aliphatic carbocycles. The van der Waals surface area contributed by atoms with Gasteiger partial charge in [-0.1, -0.05) is 67.4 Å². The van der Waals surface area contributed by atoms with Crippen LogP contribution in [0.3, 0.4) is 0 Å². The van der Waals surface area contributed by atoms with Gasteiger partial charge >= 0.3 is 0 Å². The van der Waals surface area contributed by atoms with Crippen molar-refractivity contribution in [1.82, 2.24) is 15.3 Å². The lowest BCUT2D eigenvalue weighted by molar-refractivity contribution is -0.129. The molecule has 1 atom stereocenters. The zero-order valence-electron chi connectivity index (χ0n) is 24.4. The molecule has 0 radical (unpaired) electrons. The Morgan fingerprint density at radius 3 is 2.53 bits per heavy atom. The number of nitrogens with zero attached hydrogens (tertiary/aromatic N) is 2. The van der Waals surface area contributed by atoms with E-state index in [1.807, 2.05) is 45.0 Å². The Morgan fingerprint density at radius 1 is 1.07 bits per heavy atom. The normalized spacial score (nSPS) is 12.2. The molecule has 0 aliphatic heterocycles. The summed E-state index contributed by atoms with van der Waals surface area (Å²) in [6.07, 6.45) is 2.72. The number of hydrazone groups is 1. The first-order valence-corrected chi connectivity index (χ1v) is 14.9. The molecular formula is C33H35Cl2FN4O3.